The molecule has 2 aliphatic heterocycles. The number of rotatable bonds is 1. The van der Waals surface area contributed by atoms with Crippen molar-refractivity contribution in [2.45, 2.75) is 50.6 Å². The number of carbonyl (C=O) groups excluding carboxylic acids is 1. The van der Waals surface area contributed by atoms with E-state index in [1.54, 1.807) is 0 Å². The Kier molecular flexibility index (Phi) is 4.22. The van der Waals surface area contributed by atoms with Crippen molar-refractivity contribution in [3.63, 3.8) is 0 Å². The van der Waals surface area contributed by atoms with Gasteiger partial charge >= 0.3 is 0 Å². The molecule has 0 aromatic heterocycles. The Hall–Kier alpha value is -0.420. The van der Waals surface area contributed by atoms with Crippen molar-refractivity contribution >= 4 is 16.7 Å². The van der Waals surface area contributed by atoms with E-state index in [2.05, 4.69) is 5.32 Å². The second-order valence-corrected chi connectivity index (χ2v) is 7.82. The Bertz CT molecular complexity index is 364. The van der Waals surface area contributed by atoms with Crippen molar-refractivity contribution in [1.82, 2.24) is 10.2 Å². The van der Waals surface area contributed by atoms with Gasteiger partial charge in [-0.05, 0) is 31.6 Å². The minimum absolute atomic E-state index is 0.0193. The molecular weight excluding hydrogens is 260 g/mol. The molecule has 0 aromatic rings. The topological polar surface area (TPSA) is 49.4 Å². The number of nitrogens with one attached hydrogen (secondary N) is 1. The SMILES string of the molecule is O=C(C1CCC2CCCCC2N1)N1CCS(=O)CC1. The van der Waals surface area contributed by atoms with Crippen molar-refractivity contribution < 1.29 is 9.00 Å². The highest BCUT2D eigenvalue weighted by Gasteiger charge is 2.36. The highest BCUT2D eigenvalue weighted by molar-refractivity contribution is 7.85. The molecule has 3 rings (SSSR count). The van der Waals surface area contributed by atoms with Crippen LogP contribution in [0.4, 0.5) is 0 Å². The number of hydrogen-bond acceptors (Lipinski definition) is 3. The third kappa shape index (κ3) is 3.02. The molecule has 1 amide bonds. The molecule has 0 spiro atoms. The molecule has 3 aliphatic rings. The van der Waals surface area contributed by atoms with Crippen LogP contribution in [0, 0.1) is 5.92 Å². The number of carbonyl (C=O) groups is 1. The van der Waals surface area contributed by atoms with E-state index in [0.29, 0.717) is 30.6 Å². The lowest BCUT2D eigenvalue weighted by atomic mass is 9.77. The summed E-state index contributed by atoms with van der Waals surface area (Å²) in [6, 6.07) is 0.584. The van der Waals surface area contributed by atoms with Gasteiger partial charge < -0.3 is 10.2 Å². The Morgan fingerprint density at radius 2 is 1.79 bits per heavy atom. The predicted molar refractivity (Wildman–Crippen MR) is 76.4 cm³/mol. The van der Waals surface area contributed by atoms with Gasteiger partial charge in [-0.15, -0.1) is 0 Å². The van der Waals surface area contributed by atoms with Gasteiger partial charge in [0.25, 0.3) is 0 Å². The van der Waals surface area contributed by atoms with Gasteiger partial charge in [-0.3, -0.25) is 9.00 Å². The second kappa shape index (κ2) is 5.92. The lowest BCUT2D eigenvalue weighted by Crippen LogP contribution is -2.57. The lowest BCUT2D eigenvalue weighted by molar-refractivity contribution is -0.134. The third-order valence-corrected chi connectivity index (χ3v) is 6.21. The summed E-state index contributed by atoms with van der Waals surface area (Å²) in [4.78, 5) is 14.4. The minimum atomic E-state index is -0.703. The monoisotopic (exact) mass is 284 g/mol. The molecule has 0 radical (unpaired) electrons. The van der Waals surface area contributed by atoms with Gasteiger partial charge in [0, 0.05) is 41.4 Å². The summed E-state index contributed by atoms with van der Waals surface area (Å²) in [6.07, 6.45) is 7.42. The molecule has 1 saturated carbocycles. The van der Waals surface area contributed by atoms with Crippen LogP contribution >= 0.6 is 0 Å². The van der Waals surface area contributed by atoms with Gasteiger partial charge in [-0.2, -0.15) is 0 Å². The van der Waals surface area contributed by atoms with Crippen molar-refractivity contribution in [3.8, 4) is 0 Å². The summed E-state index contributed by atoms with van der Waals surface area (Å²) in [5.74, 6) is 2.36. The Labute approximate surface area is 117 Å². The average molecular weight is 284 g/mol. The van der Waals surface area contributed by atoms with E-state index in [0.717, 1.165) is 12.3 Å². The van der Waals surface area contributed by atoms with Crippen LogP contribution in [0.5, 0.6) is 0 Å². The Morgan fingerprint density at radius 1 is 1.05 bits per heavy atom. The van der Waals surface area contributed by atoms with Crippen LogP contribution in [0.3, 0.4) is 0 Å². The fourth-order valence-corrected chi connectivity index (χ4v) is 4.82. The summed E-state index contributed by atoms with van der Waals surface area (Å²) in [7, 11) is -0.703. The van der Waals surface area contributed by atoms with E-state index in [9.17, 15) is 9.00 Å². The number of hydrogen-bond donors (Lipinski definition) is 1. The Balaban J connectivity index is 1.57. The highest BCUT2D eigenvalue weighted by atomic mass is 32.2. The van der Waals surface area contributed by atoms with Gasteiger partial charge in [-0.25, -0.2) is 0 Å². The molecule has 3 fully saturated rings. The van der Waals surface area contributed by atoms with Crippen LogP contribution in [0.1, 0.15) is 38.5 Å². The number of fused-ring (bicyclic) bond motifs is 1. The zero-order chi connectivity index (χ0) is 13.2. The second-order valence-electron chi connectivity index (χ2n) is 6.12. The van der Waals surface area contributed by atoms with Crippen LogP contribution in [0.15, 0.2) is 0 Å². The first kappa shape index (κ1) is 13.6. The maximum absolute atomic E-state index is 12.5. The zero-order valence-corrected chi connectivity index (χ0v) is 12.3. The summed E-state index contributed by atoms with van der Waals surface area (Å²) < 4.78 is 11.4. The summed E-state index contributed by atoms with van der Waals surface area (Å²) >= 11 is 0. The van der Waals surface area contributed by atoms with Gasteiger partial charge in [0.2, 0.25) is 5.91 Å². The molecule has 3 atom stereocenters. The van der Waals surface area contributed by atoms with Crippen LogP contribution in [-0.2, 0) is 15.6 Å². The van der Waals surface area contributed by atoms with Crippen LogP contribution in [-0.4, -0.2) is 51.7 Å². The molecule has 108 valence electrons. The number of nitrogens with zero attached hydrogens (tertiary/aromatic N) is 1. The highest BCUT2D eigenvalue weighted by Crippen LogP contribution is 2.32. The molecule has 4 nitrogen and oxygen atoms in total. The first-order chi connectivity index (χ1) is 9.24. The molecule has 5 heteroatoms. The maximum atomic E-state index is 12.5. The predicted octanol–water partition coefficient (Wildman–Crippen LogP) is 0.888. The molecule has 3 unspecified atom stereocenters. The van der Waals surface area contributed by atoms with Gasteiger partial charge in [0.15, 0.2) is 0 Å². The van der Waals surface area contributed by atoms with Crippen molar-refractivity contribution in [1.29, 1.82) is 0 Å². The quantitative estimate of drug-likeness (QED) is 0.778. The molecule has 0 bridgehead atoms. The van der Waals surface area contributed by atoms with E-state index in [1.807, 2.05) is 4.90 Å². The first-order valence-corrected chi connectivity index (χ1v) is 9.12. The zero-order valence-electron chi connectivity index (χ0n) is 11.5. The third-order valence-electron chi connectivity index (χ3n) is 4.94. The van der Waals surface area contributed by atoms with Crippen LogP contribution in [0.25, 0.3) is 0 Å². The number of amides is 1. The molecule has 1 N–H and O–H groups in total. The van der Waals surface area contributed by atoms with Crippen molar-refractivity contribution in [2.75, 3.05) is 24.6 Å². The summed E-state index contributed by atoms with van der Waals surface area (Å²) in [5.41, 5.74) is 0. The van der Waals surface area contributed by atoms with Gasteiger partial charge in [-0.1, -0.05) is 12.8 Å². The molecule has 2 heterocycles. The van der Waals surface area contributed by atoms with E-state index in [4.69, 9.17) is 0 Å². The fourth-order valence-electron chi connectivity index (χ4n) is 3.77. The average Bonchev–Trinajstić information content (AvgIpc) is 2.47. The van der Waals surface area contributed by atoms with Crippen molar-refractivity contribution in [3.05, 3.63) is 0 Å². The smallest absolute Gasteiger partial charge is 0.239 e. The molecule has 19 heavy (non-hydrogen) atoms. The fraction of sp³-hybridized carbons (Fsp3) is 0.929. The van der Waals surface area contributed by atoms with Crippen LogP contribution < -0.4 is 5.32 Å². The van der Waals surface area contributed by atoms with Crippen molar-refractivity contribution in [2.24, 2.45) is 5.92 Å². The van der Waals surface area contributed by atoms with E-state index in [-0.39, 0.29) is 11.9 Å². The van der Waals surface area contributed by atoms with E-state index < -0.39 is 10.8 Å². The van der Waals surface area contributed by atoms with E-state index in [1.165, 1.54) is 32.1 Å². The lowest BCUT2D eigenvalue weighted by Gasteiger charge is -2.41. The molecule has 2 saturated heterocycles. The normalized spacial score (nSPS) is 36.8. The summed E-state index contributed by atoms with van der Waals surface area (Å²) in [5, 5.41) is 3.60. The minimum Gasteiger partial charge on any atom is -0.340 e. The maximum Gasteiger partial charge on any atom is 0.239 e. The van der Waals surface area contributed by atoms with E-state index >= 15 is 0 Å². The molecular formula is C14H24N2O2S. The largest absolute Gasteiger partial charge is 0.340 e. The van der Waals surface area contributed by atoms with Gasteiger partial charge in [0.05, 0.1) is 6.04 Å². The molecule has 1 aliphatic carbocycles. The first-order valence-electron chi connectivity index (χ1n) is 7.64. The van der Waals surface area contributed by atoms with Crippen LogP contribution in [0.2, 0.25) is 0 Å². The standard InChI is InChI=1S/C14H24N2O2S/c17-14(16-7-9-19(18)10-8-16)13-6-5-11-3-1-2-4-12(11)15-13/h11-13,15H,1-10H2. The van der Waals surface area contributed by atoms with Gasteiger partial charge in [0.1, 0.15) is 0 Å². The number of piperidine rings is 1. The summed E-state index contributed by atoms with van der Waals surface area (Å²) in [6.45, 7) is 1.36. The molecule has 0 aromatic carbocycles. The Morgan fingerprint density at radius 3 is 2.58 bits per heavy atom.